The summed E-state index contributed by atoms with van der Waals surface area (Å²) >= 11 is 5.91. The minimum atomic E-state index is -1.46. The molecule has 0 aromatic heterocycles. The molecule has 0 unspecified atom stereocenters. The van der Waals surface area contributed by atoms with Gasteiger partial charge in [0.15, 0.2) is 11.5 Å². The Hall–Kier alpha value is -2.52. The maximum atomic E-state index is 12.8. The number of benzene rings is 2. The highest BCUT2D eigenvalue weighted by Gasteiger charge is 2.42. The van der Waals surface area contributed by atoms with Crippen molar-refractivity contribution in [3.8, 4) is 17.2 Å². The molecule has 9 heteroatoms. The van der Waals surface area contributed by atoms with Crippen molar-refractivity contribution in [3.63, 3.8) is 0 Å². The predicted molar refractivity (Wildman–Crippen MR) is 125 cm³/mol. The predicted octanol–water partition coefficient (Wildman–Crippen LogP) is 2.02. The van der Waals surface area contributed by atoms with E-state index in [4.69, 9.17) is 25.8 Å². The molecule has 33 heavy (non-hydrogen) atoms. The fourth-order valence-corrected chi connectivity index (χ4v) is 4.12. The topological polar surface area (TPSA) is 100 Å². The number of likely N-dealkylation sites (tertiary alicyclic amines) is 1. The molecule has 1 aliphatic rings. The van der Waals surface area contributed by atoms with Crippen LogP contribution in [0.15, 0.2) is 36.4 Å². The number of carbonyl (C=O) groups excluding carboxylic acids is 1. The maximum absolute atomic E-state index is 12.8. The summed E-state index contributed by atoms with van der Waals surface area (Å²) in [4.78, 5) is 14.4. The lowest BCUT2D eigenvalue weighted by Crippen LogP contribution is -2.62. The summed E-state index contributed by atoms with van der Waals surface area (Å²) in [6.45, 7) is 0.936. The van der Waals surface area contributed by atoms with Gasteiger partial charge in [-0.25, -0.2) is 0 Å². The van der Waals surface area contributed by atoms with E-state index in [-0.39, 0.29) is 25.4 Å². The number of hydrogen-bond donors (Lipinski definition) is 3. The van der Waals surface area contributed by atoms with Crippen LogP contribution in [0.3, 0.4) is 0 Å². The van der Waals surface area contributed by atoms with Crippen molar-refractivity contribution in [2.24, 2.45) is 0 Å². The summed E-state index contributed by atoms with van der Waals surface area (Å²) in [5, 5.41) is 25.4. The van der Waals surface area contributed by atoms with Gasteiger partial charge < -0.3 is 34.6 Å². The molecule has 0 aliphatic carbocycles. The van der Waals surface area contributed by atoms with Gasteiger partial charge in [-0.3, -0.25) is 4.79 Å². The number of piperidine rings is 1. The van der Waals surface area contributed by atoms with E-state index in [0.29, 0.717) is 41.8 Å². The molecule has 1 heterocycles. The number of nitrogens with zero attached hydrogens (tertiary/aromatic N) is 1. The molecular formula is C24H31ClN2O6. The molecule has 3 rings (SSSR count). The Labute approximate surface area is 199 Å². The van der Waals surface area contributed by atoms with Crippen molar-refractivity contribution in [1.29, 1.82) is 0 Å². The Balaban J connectivity index is 1.62. The van der Waals surface area contributed by atoms with Gasteiger partial charge in [-0.1, -0.05) is 23.7 Å². The van der Waals surface area contributed by atoms with Crippen LogP contribution in [0.2, 0.25) is 5.02 Å². The summed E-state index contributed by atoms with van der Waals surface area (Å²) < 4.78 is 16.1. The van der Waals surface area contributed by atoms with E-state index < -0.39 is 11.7 Å². The molecule has 0 bridgehead atoms. The zero-order valence-electron chi connectivity index (χ0n) is 19.1. The molecule has 0 spiro atoms. The van der Waals surface area contributed by atoms with E-state index in [9.17, 15) is 15.0 Å². The number of hydrogen-bond acceptors (Lipinski definition) is 7. The second-order valence-corrected chi connectivity index (χ2v) is 8.60. The highest BCUT2D eigenvalue weighted by Crippen LogP contribution is 2.38. The van der Waals surface area contributed by atoms with Crippen molar-refractivity contribution in [2.45, 2.75) is 31.1 Å². The summed E-state index contributed by atoms with van der Waals surface area (Å²) in [6, 6.07) is 10.7. The van der Waals surface area contributed by atoms with E-state index >= 15 is 0 Å². The van der Waals surface area contributed by atoms with E-state index in [1.165, 1.54) is 7.11 Å². The number of amides is 1. The molecule has 1 amide bonds. The Morgan fingerprint density at radius 1 is 1.12 bits per heavy atom. The molecular weight excluding hydrogens is 448 g/mol. The van der Waals surface area contributed by atoms with Gasteiger partial charge in [0.2, 0.25) is 11.7 Å². The van der Waals surface area contributed by atoms with Crippen LogP contribution in [0.4, 0.5) is 0 Å². The average Bonchev–Trinajstić information content (AvgIpc) is 2.81. The average molecular weight is 479 g/mol. The van der Waals surface area contributed by atoms with Crippen molar-refractivity contribution < 1.29 is 29.2 Å². The van der Waals surface area contributed by atoms with Crippen LogP contribution >= 0.6 is 11.6 Å². The number of rotatable bonds is 9. The first-order valence-corrected chi connectivity index (χ1v) is 11.1. The first kappa shape index (κ1) is 25.1. The van der Waals surface area contributed by atoms with Crippen LogP contribution in [-0.2, 0) is 17.8 Å². The summed E-state index contributed by atoms with van der Waals surface area (Å²) in [5.74, 6) is 1.46. The first-order chi connectivity index (χ1) is 15.8. The third-order valence-electron chi connectivity index (χ3n) is 5.86. The largest absolute Gasteiger partial charge is 0.493 e. The van der Waals surface area contributed by atoms with Gasteiger partial charge in [0, 0.05) is 24.7 Å². The third-order valence-corrected chi connectivity index (χ3v) is 6.12. The lowest BCUT2D eigenvalue weighted by atomic mass is 9.89. The van der Waals surface area contributed by atoms with Crippen LogP contribution < -0.4 is 19.5 Å². The zero-order valence-corrected chi connectivity index (χ0v) is 19.9. The minimum absolute atomic E-state index is 0.0445. The van der Waals surface area contributed by atoms with Gasteiger partial charge in [0.25, 0.3) is 0 Å². The monoisotopic (exact) mass is 478 g/mol. The first-order valence-electron chi connectivity index (χ1n) is 10.7. The zero-order chi connectivity index (χ0) is 24.0. The van der Waals surface area contributed by atoms with E-state index in [1.54, 1.807) is 31.3 Å². The Kier molecular flexibility index (Phi) is 8.42. The number of methoxy groups -OCH3 is 3. The second kappa shape index (κ2) is 11.1. The number of aliphatic hydroxyl groups excluding tert-OH is 1. The maximum Gasteiger partial charge on any atom is 0.227 e. The number of aliphatic hydroxyl groups is 2. The van der Waals surface area contributed by atoms with Gasteiger partial charge >= 0.3 is 0 Å². The molecule has 1 aliphatic heterocycles. The molecule has 0 radical (unpaired) electrons. The van der Waals surface area contributed by atoms with Crippen molar-refractivity contribution >= 4 is 17.5 Å². The SMILES string of the molecule is COc1cc(CNC[C@]2(O)CN(C(=O)Cc3ccc(Cl)cc3)CC[C@H]2O)cc(OC)c1OC. The smallest absolute Gasteiger partial charge is 0.227 e. The molecule has 2 aromatic carbocycles. The molecule has 8 nitrogen and oxygen atoms in total. The van der Waals surface area contributed by atoms with Gasteiger partial charge in [-0.2, -0.15) is 0 Å². The van der Waals surface area contributed by atoms with E-state index in [0.717, 1.165) is 11.1 Å². The third kappa shape index (κ3) is 6.09. The van der Waals surface area contributed by atoms with E-state index in [1.807, 2.05) is 24.3 Å². The number of β-amino-alcohol motifs (C(OH)–C–C–N with tert-alkyl or cyclic N) is 1. The summed E-state index contributed by atoms with van der Waals surface area (Å²) in [6.07, 6.45) is -0.429. The van der Waals surface area contributed by atoms with Crippen molar-refractivity contribution in [3.05, 3.63) is 52.5 Å². The molecule has 3 N–H and O–H groups in total. The minimum Gasteiger partial charge on any atom is -0.493 e. The molecule has 2 atom stereocenters. The van der Waals surface area contributed by atoms with Crippen molar-refractivity contribution in [1.82, 2.24) is 10.2 Å². The highest BCUT2D eigenvalue weighted by atomic mass is 35.5. The quantitative estimate of drug-likeness (QED) is 0.507. The van der Waals surface area contributed by atoms with E-state index in [2.05, 4.69) is 5.32 Å². The lowest BCUT2D eigenvalue weighted by molar-refractivity contribution is -0.150. The number of carbonyl (C=O) groups is 1. The van der Waals surface area contributed by atoms with Crippen LogP contribution in [0, 0.1) is 0 Å². The van der Waals surface area contributed by atoms with Crippen LogP contribution in [0.5, 0.6) is 17.2 Å². The highest BCUT2D eigenvalue weighted by molar-refractivity contribution is 6.30. The van der Waals surface area contributed by atoms with Crippen LogP contribution in [0.25, 0.3) is 0 Å². The van der Waals surface area contributed by atoms with Crippen LogP contribution in [-0.4, -0.2) is 73.7 Å². The van der Waals surface area contributed by atoms with Gasteiger partial charge in [0.1, 0.15) is 5.60 Å². The summed E-state index contributed by atoms with van der Waals surface area (Å²) in [7, 11) is 4.63. The van der Waals surface area contributed by atoms with Crippen molar-refractivity contribution in [2.75, 3.05) is 41.0 Å². The fraction of sp³-hybridized carbons (Fsp3) is 0.458. The molecule has 180 valence electrons. The Bertz CT molecular complexity index is 929. The molecule has 1 saturated heterocycles. The molecule has 1 fully saturated rings. The number of ether oxygens (including phenoxy) is 3. The second-order valence-electron chi connectivity index (χ2n) is 8.16. The summed E-state index contributed by atoms with van der Waals surface area (Å²) in [5.41, 5.74) is 0.239. The normalized spacial score (nSPS) is 20.4. The van der Waals surface area contributed by atoms with Gasteiger partial charge in [-0.15, -0.1) is 0 Å². The standard InChI is InChI=1S/C24H31ClN2O6/c1-31-19-10-17(11-20(32-2)23(19)33-3)13-26-14-24(30)15-27(9-8-21(24)28)22(29)12-16-4-6-18(25)7-5-16/h4-7,10-11,21,26,28,30H,8-9,12-15H2,1-3H3/t21-,24+/m1/s1. The molecule has 0 saturated carbocycles. The van der Waals surface area contributed by atoms with Gasteiger partial charge in [-0.05, 0) is 41.8 Å². The van der Waals surface area contributed by atoms with Gasteiger partial charge in [0.05, 0.1) is 40.4 Å². The molecule has 2 aromatic rings. The fourth-order valence-electron chi connectivity index (χ4n) is 4.00. The number of halogens is 1. The lowest BCUT2D eigenvalue weighted by Gasteiger charge is -2.43. The Morgan fingerprint density at radius 3 is 2.33 bits per heavy atom. The van der Waals surface area contributed by atoms with Crippen LogP contribution in [0.1, 0.15) is 17.5 Å². The Morgan fingerprint density at radius 2 is 1.76 bits per heavy atom. The number of nitrogens with one attached hydrogen (secondary N) is 1.